The van der Waals surface area contributed by atoms with Gasteiger partial charge in [0.1, 0.15) is 5.75 Å². The minimum atomic E-state index is -0.784. The molecule has 39 heavy (non-hydrogen) atoms. The fourth-order valence-corrected chi connectivity index (χ4v) is 5.37. The smallest absolute Gasteiger partial charge is 0.166 e. The molecule has 208 valence electrons. The molecule has 0 radical (unpaired) electrons. The minimum absolute atomic E-state index is 0.0172. The zero-order chi connectivity index (χ0) is 27.6. The van der Waals surface area contributed by atoms with Crippen LogP contribution in [-0.4, -0.2) is 13.2 Å². The molecule has 0 unspecified atom stereocenters. The molecular weight excluding hydrogens is 497 g/mol. The third-order valence-electron chi connectivity index (χ3n) is 7.75. The van der Waals surface area contributed by atoms with Crippen LogP contribution in [0.1, 0.15) is 75.3 Å². The number of halogens is 3. The second kappa shape index (κ2) is 14.3. The number of rotatable bonds is 13. The molecule has 4 rings (SSSR count). The summed E-state index contributed by atoms with van der Waals surface area (Å²) in [5, 5.41) is 0. The standard InChI is InChI=1S/C34H39F3O2/c1-3-5-21-38-28-16-14-27(15-17-28)30-19-18-29(33(36)34(30)37)26-12-9-24(10-13-26)7-8-25-11-20-32(31(35)23-25)39-22-6-4-2/h4,11,14-20,23-24,26H,2-3,5-10,12-13,21-22H2,1H3. The van der Waals surface area contributed by atoms with Gasteiger partial charge >= 0.3 is 0 Å². The summed E-state index contributed by atoms with van der Waals surface area (Å²) in [5.41, 5.74) is 2.34. The molecule has 1 aliphatic rings. The van der Waals surface area contributed by atoms with Crippen LogP contribution < -0.4 is 9.47 Å². The molecule has 0 bridgehead atoms. The molecule has 3 aromatic rings. The van der Waals surface area contributed by atoms with Crippen molar-refractivity contribution in [2.45, 2.75) is 70.6 Å². The van der Waals surface area contributed by atoms with Crippen molar-refractivity contribution in [2.24, 2.45) is 5.92 Å². The fourth-order valence-electron chi connectivity index (χ4n) is 5.37. The maximum atomic E-state index is 15.2. The van der Waals surface area contributed by atoms with Gasteiger partial charge in [-0.1, -0.05) is 49.8 Å². The molecule has 1 saturated carbocycles. The zero-order valence-corrected chi connectivity index (χ0v) is 22.9. The van der Waals surface area contributed by atoms with Crippen molar-refractivity contribution >= 4 is 0 Å². The Balaban J connectivity index is 1.30. The highest BCUT2D eigenvalue weighted by Gasteiger charge is 2.26. The van der Waals surface area contributed by atoms with E-state index in [1.165, 1.54) is 0 Å². The molecule has 1 aliphatic carbocycles. The van der Waals surface area contributed by atoms with Gasteiger partial charge in [0.25, 0.3) is 0 Å². The van der Waals surface area contributed by atoms with Crippen LogP contribution in [0.3, 0.4) is 0 Å². The lowest BCUT2D eigenvalue weighted by Crippen LogP contribution is -2.15. The topological polar surface area (TPSA) is 18.5 Å². The first-order valence-corrected chi connectivity index (χ1v) is 14.2. The van der Waals surface area contributed by atoms with Crippen molar-refractivity contribution in [2.75, 3.05) is 13.2 Å². The van der Waals surface area contributed by atoms with Crippen molar-refractivity contribution in [1.82, 2.24) is 0 Å². The molecule has 0 amide bonds. The molecule has 1 fully saturated rings. The highest BCUT2D eigenvalue weighted by molar-refractivity contribution is 5.65. The number of benzene rings is 3. The summed E-state index contributed by atoms with van der Waals surface area (Å²) in [7, 11) is 0. The van der Waals surface area contributed by atoms with Crippen LogP contribution >= 0.6 is 0 Å². The monoisotopic (exact) mass is 536 g/mol. The SMILES string of the molecule is C=CCCOc1ccc(CCC2CCC(c3ccc(-c4ccc(OCCCC)cc4)c(F)c3F)CC2)cc1F. The van der Waals surface area contributed by atoms with Crippen LogP contribution in [-0.2, 0) is 6.42 Å². The van der Waals surface area contributed by atoms with Crippen molar-refractivity contribution in [3.05, 3.63) is 95.8 Å². The molecule has 0 saturated heterocycles. The predicted molar refractivity (Wildman–Crippen MR) is 152 cm³/mol. The molecule has 0 spiro atoms. The number of hydrogen-bond acceptors (Lipinski definition) is 2. The Kier molecular flexibility index (Phi) is 10.5. The first kappa shape index (κ1) is 28.8. The third kappa shape index (κ3) is 7.68. The van der Waals surface area contributed by atoms with E-state index in [2.05, 4.69) is 13.5 Å². The van der Waals surface area contributed by atoms with Gasteiger partial charge in [0.2, 0.25) is 0 Å². The normalized spacial score (nSPS) is 17.1. The van der Waals surface area contributed by atoms with E-state index in [1.807, 2.05) is 6.07 Å². The summed E-state index contributed by atoms with van der Waals surface area (Å²) >= 11 is 0. The Morgan fingerprint density at radius 1 is 0.872 bits per heavy atom. The average molecular weight is 537 g/mol. The van der Waals surface area contributed by atoms with Crippen LogP contribution in [0.15, 0.2) is 67.3 Å². The van der Waals surface area contributed by atoms with E-state index in [9.17, 15) is 4.39 Å². The van der Waals surface area contributed by atoms with Gasteiger partial charge < -0.3 is 9.47 Å². The van der Waals surface area contributed by atoms with E-state index in [-0.39, 0.29) is 23.0 Å². The van der Waals surface area contributed by atoms with Gasteiger partial charge in [-0.05, 0) is 104 Å². The summed E-state index contributed by atoms with van der Waals surface area (Å²) in [6.07, 6.45) is 9.76. The molecule has 5 heteroatoms. The van der Waals surface area contributed by atoms with Crippen molar-refractivity contribution in [1.29, 1.82) is 0 Å². The highest BCUT2D eigenvalue weighted by Crippen LogP contribution is 2.40. The quantitative estimate of drug-likeness (QED) is 0.160. The minimum Gasteiger partial charge on any atom is -0.494 e. The average Bonchev–Trinajstić information content (AvgIpc) is 2.95. The van der Waals surface area contributed by atoms with Gasteiger partial charge in [0.15, 0.2) is 23.2 Å². The van der Waals surface area contributed by atoms with Crippen LogP contribution in [0.4, 0.5) is 13.2 Å². The molecule has 0 N–H and O–H groups in total. The summed E-state index contributed by atoms with van der Waals surface area (Å²) < 4.78 is 55.8. The van der Waals surface area contributed by atoms with Gasteiger partial charge in [-0.25, -0.2) is 13.2 Å². The van der Waals surface area contributed by atoms with E-state index in [0.29, 0.717) is 36.7 Å². The largest absolute Gasteiger partial charge is 0.494 e. The van der Waals surface area contributed by atoms with Crippen LogP contribution in [0.5, 0.6) is 11.5 Å². The molecule has 0 aliphatic heterocycles. The van der Waals surface area contributed by atoms with Gasteiger partial charge in [-0.3, -0.25) is 0 Å². The van der Waals surface area contributed by atoms with Crippen molar-refractivity contribution in [3.8, 4) is 22.6 Å². The van der Waals surface area contributed by atoms with Crippen LogP contribution in [0.2, 0.25) is 0 Å². The molecular formula is C34H39F3O2. The predicted octanol–water partition coefficient (Wildman–Crippen LogP) is 9.81. The molecule has 3 aromatic carbocycles. The van der Waals surface area contributed by atoms with Gasteiger partial charge in [0.05, 0.1) is 13.2 Å². The van der Waals surface area contributed by atoms with Gasteiger partial charge in [-0.15, -0.1) is 6.58 Å². The van der Waals surface area contributed by atoms with Crippen molar-refractivity contribution in [3.63, 3.8) is 0 Å². The van der Waals surface area contributed by atoms with E-state index < -0.39 is 11.6 Å². The summed E-state index contributed by atoms with van der Waals surface area (Å²) in [4.78, 5) is 0. The Hall–Kier alpha value is -3.21. The summed E-state index contributed by atoms with van der Waals surface area (Å²) in [6.45, 7) is 6.81. The Labute approximate surface area is 230 Å². The maximum absolute atomic E-state index is 15.2. The lowest BCUT2D eigenvalue weighted by molar-refractivity contribution is 0.303. The summed E-state index contributed by atoms with van der Waals surface area (Å²) in [5.74, 6) is -0.329. The summed E-state index contributed by atoms with van der Waals surface area (Å²) in [6, 6.07) is 15.8. The fraction of sp³-hybridized carbons (Fsp3) is 0.412. The van der Waals surface area contributed by atoms with Gasteiger partial charge in [0, 0.05) is 5.56 Å². The first-order valence-electron chi connectivity index (χ1n) is 14.2. The van der Waals surface area contributed by atoms with E-state index in [4.69, 9.17) is 9.47 Å². The van der Waals surface area contributed by atoms with E-state index >= 15 is 8.78 Å². The number of unbranched alkanes of at least 4 members (excludes halogenated alkanes) is 1. The highest BCUT2D eigenvalue weighted by atomic mass is 19.2. The lowest BCUT2D eigenvalue weighted by Gasteiger charge is -2.29. The van der Waals surface area contributed by atoms with Crippen LogP contribution in [0.25, 0.3) is 11.1 Å². The van der Waals surface area contributed by atoms with E-state index in [1.54, 1.807) is 54.6 Å². The second-order valence-corrected chi connectivity index (χ2v) is 10.5. The van der Waals surface area contributed by atoms with E-state index in [0.717, 1.165) is 62.7 Å². The second-order valence-electron chi connectivity index (χ2n) is 10.5. The lowest BCUT2D eigenvalue weighted by atomic mass is 9.76. The Morgan fingerprint density at radius 2 is 1.64 bits per heavy atom. The maximum Gasteiger partial charge on any atom is 0.166 e. The van der Waals surface area contributed by atoms with Crippen LogP contribution in [0, 0.1) is 23.4 Å². The zero-order valence-electron chi connectivity index (χ0n) is 22.9. The molecule has 2 nitrogen and oxygen atoms in total. The number of hydrogen-bond donors (Lipinski definition) is 0. The number of ether oxygens (including phenoxy) is 2. The van der Waals surface area contributed by atoms with Crippen molar-refractivity contribution < 1.29 is 22.6 Å². The number of aryl methyl sites for hydroxylation is 1. The Bertz CT molecular complexity index is 1210. The molecule has 0 atom stereocenters. The molecule has 0 heterocycles. The Morgan fingerprint density at radius 3 is 2.33 bits per heavy atom. The third-order valence-corrected chi connectivity index (χ3v) is 7.75. The van der Waals surface area contributed by atoms with Gasteiger partial charge in [-0.2, -0.15) is 0 Å². The first-order chi connectivity index (χ1) is 19.0. The molecule has 0 aromatic heterocycles.